The van der Waals surface area contributed by atoms with E-state index in [9.17, 15) is 10.1 Å². The Hall–Kier alpha value is -2.61. The molecule has 0 aromatic heterocycles. The van der Waals surface area contributed by atoms with Crippen LogP contribution in [0.4, 0.5) is 11.4 Å². The van der Waals surface area contributed by atoms with Gasteiger partial charge in [-0.25, -0.2) is 0 Å². The molecule has 1 aromatic rings. The Bertz CT molecular complexity index is 507. The van der Waals surface area contributed by atoms with Crippen LogP contribution >= 0.6 is 0 Å². The third-order valence-electron chi connectivity index (χ3n) is 2.35. The number of nitro groups is 1. The average Bonchev–Trinajstić information content (AvgIpc) is 2.37. The minimum atomic E-state index is -0.518. The van der Waals surface area contributed by atoms with Crippen molar-refractivity contribution in [2.45, 2.75) is 0 Å². The number of benzene rings is 1. The Kier molecular flexibility index (Phi) is 4.64. The molecule has 0 aliphatic heterocycles. The minimum absolute atomic E-state index is 0.0903. The zero-order chi connectivity index (χ0) is 13.5. The van der Waals surface area contributed by atoms with Gasteiger partial charge in [0, 0.05) is 25.2 Å². The van der Waals surface area contributed by atoms with E-state index in [2.05, 4.69) is 13.2 Å². The number of rotatable bonds is 6. The molecular weight excluding hydrogens is 230 g/mol. The predicted octanol–water partition coefficient (Wildman–Crippen LogP) is 2.64. The Balaban J connectivity index is 3.22. The predicted molar refractivity (Wildman–Crippen MR) is 70.4 cm³/mol. The summed E-state index contributed by atoms with van der Waals surface area (Å²) in [6, 6.07) is 6.20. The van der Waals surface area contributed by atoms with Gasteiger partial charge >= 0.3 is 0 Å². The first-order chi connectivity index (χ1) is 8.63. The summed E-state index contributed by atoms with van der Waals surface area (Å²) < 4.78 is 0. The normalized spacial score (nSPS) is 9.28. The number of non-ortho nitro benzene ring substituents is 1. The van der Waals surface area contributed by atoms with Crippen LogP contribution in [0.25, 0.3) is 0 Å². The van der Waals surface area contributed by atoms with Gasteiger partial charge in [-0.2, -0.15) is 5.26 Å². The summed E-state index contributed by atoms with van der Waals surface area (Å²) in [5.74, 6) is 0. The van der Waals surface area contributed by atoms with Crippen molar-refractivity contribution in [3.63, 3.8) is 0 Å². The molecule has 0 aliphatic carbocycles. The van der Waals surface area contributed by atoms with E-state index >= 15 is 0 Å². The quantitative estimate of drug-likeness (QED) is 0.437. The first kappa shape index (κ1) is 13.5. The number of anilines is 1. The number of hydrogen-bond donors (Lipinski definition) is 0. The molecule has 0 unspecified atom stereocenters. The van der Waals surface area contributed by atoms with Crippen molar-refractivity contribution in [1.29, 1.82) is 5.26 Å². The minimum Gasteiger partial charge on any atom is -0.363 e. The summed E-state index contributed by atoms with van der Waals surface area (Å²) in [7, 11) is 0. The molecule has 0 fully saturated rings. The van der Waals surface area contributed by atoms with Gasteiger partial charge in [-0.1, -0.05) is 12.2 Å². The van der Waals surface area contributed by atoms with Crippen LogP contribution in [0.2, 0.25) is 0 Å². The van der Waals surface area contributed by atoms with Crippen LogP contribution in [-0.4, -0.2) is 18.0 Å². The molecule has 0 saturated carbocycles. The third-order valence-corrected chi connectivity index (χ3v) is 2.35. The molecule has 0 aliphatic rings. The second kappa shape index (κ2) is 6.21. The highest BCUT2D eigenvalue weighted by atomic mass is 16.6. The molecule has 0 atom stereocenters. The van der Waals surface area contributed by atoms with Gasteiger partial charge in [0.25, 0.3) is 5.69 Å². The molecule has 0 saturated heterocycles. The molecule has 0 spiro atoms. The molecule has 0 radical (unpaired) electrons. The maximum atomic E-state index is 10.7. The topological polar surface area (TPSA) is 70.2 Å². The van der Waals surface area contributed by atoms with Gasteiger partial charge in [0.15, 0.2) is 0 Å². The number of hydrogen-bond acceptors (Lipinski definition) is 4. The van der Waals surface area contributed by atoms with Gasteiger partial charge in [0.2, 0.25) is 0 Å². The smallest absolute Gasteiger partial charge is 0.270 e. The lowest BCUT2D eigenvalue weighted by Crippen LogP contribution is -2.24. The molecular formula is C13H13N3O2. The molecule has 5 heteroatoms. The Morgan fingerprint density at radius 2 is 2.00 bits per heavy atom. The van der Waals surface area contributed by atoms with E-state index in [1.165, 1.54) is 12.1 Å². The van der Waals surface area contributed by atoms with Gasteiger partial charge in [0.05, 0.1) is 16.2 Å². The van der Waals surface area contributed by atoms with E-state index in [4.69, 9.17) is 5.26 Å². The number of nitro benzene ring substituents is 1. The van der Waals surface area contributed by atoms with E-state index in [0.717, 1.165) is 0 Å². The standard InChI is InChI=1S/C13H13N3O2/c1-3-7-15(8-4-2)13-6-5-12(16(17)18)9-11(13)10-14/h3-6,9H,1-2,7-8H2. The molecule has 92 valence electrons. The number of nitrogens with zero attached hydrogens (tertiary/aromatic N) is 3. The summed E-state index contributed by atoms with van der Waals surface area (Å²) in [5, 5.41) is 19.7. The van der Waals surface area contributed by atoms with Crippen LogP contribution in [0.15, 0.2) is 43.5 Å². The molecule has 1 aromatic carbocycles. The van der Waals surface area contributed by atoms with E-state index < -0.39 is 4.92 Å². The largest absolute Gasteiger partial charge is 0.363 e. The zero-order valence-electron chi connectivity index (χ0n) is 9.87. The second-order valence-electron chi connectivity index (χ2n) is 3.55. The maximum absolute atomic E-state index is 10.7. The van der Waals surface area contributed by atoms with Crippen molar-refractivity contribution >= 4 is 11.4 Å². The molecule has 18 heavy (non-hydrogen) atoms. The average molecular weight is 243 g/mol. The summed E-state index contributed by atoms with van der Waals surface area (Å²) in [6.07, 6.45) is 3.40. The fourth-order valence-corrected chi connectivity index (χ4v) is 1.59. The fourth-order valence-electron chi connectivity index (χ4n) is 1.59. The van der Waals surface area contributed by atoms with E-state index in [0.29, 0.717) is 18.8 Å². The first-order valence-corrected chi connectivity index (χ1v) is 5.29. The molecule has 0 heterocycles. The summed E-state index contributed by atoms with van der Waals surface area (Å²) >= 11 is 0. The van der Waals surface area contributed by atoms with Crippen molar-refractivity contribution < 1.29 is 4.92 Å². The van der Waals surface area contributed by atoms with E-state index in [1.54, 1.807) is 18.2 Å². The van der Waals surface area contributed by atoms with Crippen LogP contribution in [-0.2, 0) is 0 Å². The van der Waals surface area contributed by atoms with Crippen molar-refractivity contribution in [3.05, 3.63) is 59.2 Å². The zero-order valence-corrected chi connectivity index (χ0v) is 9.87. The van der Waals surface area contributed by atoms with Gasteiger partial charge in [-0.15, -0.1) is 13.2 Å². The van der Waals surface area contributed by atoms with Crippen molar-refractivity contribution in [2.75, 3.05) is 18.0 Å². The molecule has 5 nitrogen and oxygen atoms in total. The van der Waals surface area contributed by atoms with Gasteiger partial charge < -0.3 is 4.90 Å². The Labute approximate surface area is 105 Å². The molecule has 0 amide bonds. The van der Waals surface area contributed by atoms with Gasteiger partial charge in [0.1, 0.15) is 6.07 Å². The van der Waals surface area contributed by atoms with E-state index in [1.807, 2.05) is 11.0 Å². The van der Waals surface area contributed by atoms with Crippen LogP contribution in [0.3, 0.4) is 0 Å². The SMILES string of the molecule is C=CCN(CC=C)c1ccc([N+](=O)[O-])cc1C#N. The highest BCUT2D eigenvalue weighted by Gasteiger charge is 2.14. The fraction of sp³-hybridized carbons (Fsp3) is 0.154. The lowest BCUT2D eigenvalue weighted by molar-refractivity contribution is -0.384. The summed E-state index contributed by atoms with van der Waals surface area (Å²) in [4.78, 5) is 12.0. The third kappa shape index (κ3) is 2.95. The monoisotopic (exact) mass is 243 g/mol. The lowest BCUT2D eigenvalue weighted by atomic mass is 10.1. The van der Waals surface area contributed by atoms with Crippen molar-refractivity contribution in [2.24, 2.45) is 0 Å². The van der Waals surface area contributed by atoms with Gasteiger partial charge in [-0.05, 0) is 6.07 Å². The van der Waals surface area contributed by atoms with Crippen molar-refractivity contribution in [3.8, 4) is 6.07 Å². The molecule has 0 N–H and O–H groups in total. The number of nitriles is 1. The van der Waals surface area contributed by atoms with Gasteiger partial charge in [-0.3, -0.25) is 10.1 Å². The lowest BCUT2D eigenvalue weighted by Gasteiger charge is -2.22. The first-order valence-electron chi connectivity index (χ1n) is 5.29. The maximum Gasteiger partial charge on any atom is 0.270 e. The second-order valence-corrected chi connectivity index (χ2v) is 3.55. The molecule has 1 rings (SSSR count). The van der Waals surface area contributed by atoms with Crippen LogP contribution < -0.4 is 4.90 Å². The van der Waals surface area contributed by atoms with Crippen LogP contribution in [0, 0.1) is 21.4 Å². The highest BCUT2D eigenvalue weighted by molar-refractivity contribution is 5.63. The van der Waals surface area contributed by atoms with E-state index in [-0.39, 0.29) is 11.3 Å². The van der Waals surface area contributed by atoms with Crippen molar-refractivity contribution in [1.82, 2.24) is 0 Å². The summed E-state index contributed by atoms with van der Waals surface area (Å²) in [6.45, 7) is 8.37. The molecule has 0 bridgehead atoms. The Morgan fingerprint density at radius 1 is 1.39 bits per heavy atom. The van der Waals surface area contributed by atoms with Crippen LogP contribution in [0.5, 0.6) is 0 Å². The highest BCUT2D eigenvalue weighted by Crippen LogP contribution is 2.24. The summed E-state index contributed by atoms with van der Waals surface area (Å²) in [5.41, 5.74) is 0.822. The van der Waals surface area contributed by atoms with Crippen LogP contribution in [0.1, 0.15) is 5.56 Å². The Morgan fingerprint density at radius 3 is 2.44 bits per heavy atom.